The second-order valence-corrected chi connectivity index (χ2v) is 28.3. The molecule has 0 saturated carbocycles. The number of para-hydroxylation sites is 1. The smallest absolute Gasteiger partial charge is 0.508 e. The molecule has 0 aliphatic carbocycles. The van der Waals surface area contributed by atoms with Gasteiger partial charge in [0.1, 0.15) is 70.6 Å². The van der Waals surface area contributed by atoms with Crippen LogP contribution in [0.5, 0.6) is 34.5 Å². The third-order valence-corrected chi connectivity index (χ3v) is 17.6. The van der Waals surface area contributed by atoms with Crippen molar-refractivity contribution >= 4 is 53.3 Å². The zero-order chi connectivity index (χ0) is 106. The number of phenolic OH excluding ortho intramolecular Hbond substituents is 1. The molecule has 28 nitrogen and oxygen atoms in total. The molecular formula is C89H72F24N8O20. The number of aliphatic carboxylic acids is 1. The van der Waals surface area contributed by atoms with E-state index in [-0.39, 0.29) is 64.9 Å². The van der Waals surface area contributed by atoms with E-state index in [1.807, 2.05) is 69.3 Å². The molecule has 0 fully saturated rings. The van der Waals surface area contributed by atoms with Crippen molar-refractivity contribution in [1.82, 2.24) is 35.1 Å². The summed E-state index contributed by atoms with van der Waals surface area (Å²) in [5, 5.41) is 49.9. The first-order valence-electron chi connectivity index (χ1n) is 39.0. The molecule has 0 bridgehead atoms. The second kappa shape index (κ2) is 48.9. The first-order chi connectivity index (χ1) is 65.3. The number of nitrogens with one attached hydrogen (secondary N) is 3. The van der Waals surface area contributed by atoms with Crippen molar-refractivity contribution in [3.8, 4) is 57.3 Å². The number of rotatable bonds is 23. The number of aliphatic hydroxyl groups is 2. The number of carbonyl (C=O) groups excluding carboxylic acids is 6. The van der Waals surface area contributed by atoms with Crippen molar-refractivity contribution in [2.75, 3.05) is 26.7 Å². The summed E-state index contributed by atoms with van der Waals surface area (Å²) in [4.78, 5) is 99.7. The van der Waals surface area contributed by atoms with E-state index >= 15 is 0 Å². The Hall–Kier alpha value is -15.9. The summed E-state index contributed by atoms with van der Waals surface area (Å²) in [5.41, 5.74) is 3.94. The summed E-state index contributed by atoms with van der Waals surface area (Å²) >= 11 is 0. The van der Waals surface area contributed by atoms with Crippen LogP contribution in [0.15, 0.2) is 236 Å². The van der Waals surface area contributed by atoms with E-state index in [0.717, 1.165) is 156 Å². The number of hydrogen-bond donors (Lipinski definition) is 8. The maximum Gasteiger partial charge on any atom is 0.573 e. The predicted molar refractivity (Wildman–Crippen MR) is 442 cm³/mol. The molecule has 12 rings (SSSR count). The van der Waals surface area contributed by atoms with Crippen LogP contribution >= 0.6 is 0 Å². The monoisotopic (exact) mass is 2030 g/mol. The van der Waals surface area contributed by atoms with E-state index in [1.54, 1.807) is 47.8 Å². The average molecular weight is 2030 g/mol. The molecule has 11 aromatic rings. The number of carbonyl (C=O) groups is 8. The fourth-order valence-electron chi connectivity index (χ4n) is 10.9. The highest BCUT2D eigenvalue weighted by molar-refractivity contribution is 6.14. The van der Waals surface area contributed by atoms with Crippen LogP contribution in [0, 0.1) is 20.8 Å². The number of aliphatic imine (C=N–C) groups is 1. The molecule has 141 heavy (non-hydrogen) atoms. The number of alkyl halides is 24. The number of halogens is 24. The van der Waals surface area contributed by atoms with Gasteiger partial charge in [-0.3, -0.25) is 28.8 Å². The molecule has 1 atom stereocenters. The number of aryl methyl sites for hydroxylation is 3. The van der Waals surface area contributed by atoms with Crippen LogP contribution < -0.4 is 39.6 Å². The van der Waals surface area contributed by atoms with Gasteiger partial charge in [0.25, 0.3) is 23.5 Å². The topological polar surface area (TPSA) is 386 Å². The molecule has 8 N–H and O–H groups in total. The van der Waals surface area contributed by atoms with Crippen LogP contribution in [0.25, 0.3) is 22.8 Å². The van der Waals surface area contributed by atoms with Crippen molar-refractivity contribution in [2.24, 2.45) is 4.99 Å². The molecule has 3 amide bonds. The lowest BCUT2D eigenvalue weighted by molar-refractivity contribution is -0.344. The Balaban J connectivity index is 0.000000253. The number of carboxylic acids is 2. The van der Waals surface area contributed by atoms with E-state index in [4.69, 9.17) is 25.2 Å². The highest BCUT2D eigenvalue weighted by Crippen LogP contribution is 2.38. The highest BCUT2D eigenvalue weighted by Gasteiger charge is 2.53. The fourth-order valence-corrected chi connectivity index (χ4v) is 10.9. The third kappa shape index (κ3) is 38.9. The van der Waals surface area contributed by atoms with E-state index in [0.29, 0.717) is 22.5 Å². The molecule has 1 unspecified atom stereocenters. The largest absolute Gasteiger partial charge is 0.573 e. The van der Waals surface area contributed by atoms with Gasteiger partial charge in [-0.2, -0.15) is 39.5 Å². The number of methoxy groups -OCH3 is 1. The molecule has 3 heterocycles. The summed E-state index contributed by atoms with van der Waals surface area (Å²) < 4.78 is 324. The number of benzene rings is 9. The number of cyclic esters (lactones) is 1. The maximum absolute atomic E-state index is 13.4. The summed E-state index contributed by atoms with van der Waals surface area (Å²) in [6.07, 6.45) is -36.7. The minimum Gasteiger partial charge on any atom is -0.508 e. The number of hydrogen-bond acceptors (Lipinski definition) is 21. The minimum atomic E-state index is -5.38. The molecule has 0 saturated heterocycles. The van der Waals surface area contributed by atoms with Crippen LogP contribution in [0.4, 0.5) is 105 Å². The number of phenols is 1. The molecule has 52 heteroatoms. The van der Waals surface area contributed by atoms with Gasteiger partial charge < -0.3 is 83.8 Å². The summed E-state index contributed by atoms with van der Waals surface area (Å²) in [5.74, 6) is -12.9. The lowest BCUT2D eigenvalue weighted by Gasteiger charge is -2.24. The van der Waals surface area contributed by atoms with Crippen molar-refractivity contribution < 1.29 is 202 Å². The van der Waals surface area contributed by atoms with Crippen LogP contribution in [0.2, 0.25) is 0 Å². The number of nitrogens with zero attached hydrogens (tertiary/aromatic N) is 5. The highest BCUT2D eigenvalue weighted by atomic mass is 19.4. The van der Waals surface area contributed by atoms with Gasteiger partial charge in [-0.1, -0.05) is 102 Å². The molecule has 2 aromatic heterocycles. The Labute approximate surface area is 777 Å². The Bertz CT molecular complexity index is 5920. The van der Waals surface area contributed by atoms with Gasteiger partial charge in [-0.05, 0) is 166 Å². The van der Waals surface area contributed by atoms with Crippen molar-refractivity contribution in [1.29, 1.82) is 0 Å². The van der Waals surface area contributed by atoms with Gasteiger partial charge in [0, 0.05) is 45.5 Å². The first-order valence-corrected chi connectivity index (χ1v) is 39.0. The fraction of sp³-hybridized carbons (Fsp3) is 0.225. The summed E-state index contributed by atoms with van der Waals surface area (Å²) in [7, 11) is 1.16. The minimum absolute atomic E-state index is 0.0331. The summed E-state index contributed by atoms with van der Waals surface area (Å²) in [6.45, 7) is 4.50. The number of Topliss-reactive ketones (excluding diaryl/α,β-unsaturated/α-hetero) is 1. The lowest BCUT2D eigenvalue weighted by atomic mass is 10.1. The SMILES string of the molecule is CC(=O)C1N=C(c2ccc(OC(F)(F)F)cc2)OC1=O.COC(=O)CNC(=O)c1ccc(OC(F)(F)F)cc1.Cc1ccc(-c2ncc(C(F)(F)F)n2Cc2ccccc2C)cc1.Cc1ccc(-c2ncc(C(F)(F)F)n2Cc2ccccc2O)cc1.O=C(NCC(O)(O)C(F)(F)F)c1ccc(OC(F)(F)F)cc1.O=C(O)CNC(=O)c1ccc(OC(F)(F)F)cc1.O=C(O)c1ccc(OC(F)(F)F)cc1. The Morgan fingerprint density at radius 1 is 0.411 bits per heavy atom. The zero-order valence-corrected chi connectivity index (χ0v) is 72.2. The number of ether oxygens (including phenoxy) is 7. The van der Waals surface area contributed by atoms with Gasteiger partial charge in [0.05, 0.1) is 38.2 Å². The zero-order valence-electron chi connectivity index (χ0n) is 72.2. The van der Waals surface area contributed by atoms with Gasteiger partial charge in [0.2, 0.25) is 11.9 Å². The van der Waals surface area contributed by atoms with Crippen LogP contribution in [0.3, 0.4) is 0 Å². The predicted octanol–water partition coefficient (Wildman–Crippen LogP) is 18.4. The molecule has 1 aliphatic heterocycles. The number of carboxylic acid groups (broad SMARTS) is 2. The van der Waals surface area contributed by atoms with E-state index in [9.17, 15) is 149 Å². The lowest BCUT2D eigenvalue weighted by Crippen LogP contribution is -2.53. The van der Waals surface area contributed by atoms with Crippen LogP contribution in [-0.4, -0.2) is 174 Å². The van der Waals surface area contributed by atoms with Crippen molar-refractivity contribution in [2.45, 2.75) is 103 Å². The molecule has 1 aliphatic rings. The van der Waals surface area contributed by atoms with Crippen LogP contribution in [0.1, 0.15) is 93.1 Å². The second-order valence-electron chi connectivity index (χ2n) is 28.3. The van der Waals surface area contributed by atoms with Gasteiger partial charge in [-0.25, -0.2) is 24.5 Å². The maximum atomic E-state index is 13.4. The van der Waals surface area contributed by atoms with Crippen LogP contribution in [-0.2, 0) is 54.1 Å². The number of ketones is 1. The number of aromatic hydroxyl groups is 1. The normalized spacial score (nSPS) is 12.5. The number of amides is 3. The van der Waals surface area contributed by atoms with Gasteiger partial charge in [-0.15, -0.1) is 65.9 Å². The molecule has 9 aromatic carbocycles. The van der Waals surface area contributed by atoms with Gasteiger partial charge >= 0.3 is 74.2 Å². The number of aromatic carboxylic acids is 1. The first kappa shape index (κ1) is 114. The standard InChI is InChI=1S/C19H17F3N2.C18H15F3N2O.C12H8F3NO4.C11H9F6NO4.C11H10F3NO4.C10H8F3NO4.C8H5F3O3/c1-13-7-9-15(10-8-13)18-23-11-17(19(20,21)22)24(18)12-16-6-4-3-5-14(16)2;1-12-6-8-13(9-7-12)17-22-10-16(18(19,20)21)23(17)11-14-4-2-3-5-15(14)24;1-6(17)9-11(18)19-10(16-9)7-2-4-8(5-3-7)20-12(13,14)15;12-10(13,14)9(20,21)5-18-8(19)6-1-3-7(4-2-6)22-11(15,16)17;1-18-9(16)6-15-10(17)7-2-4-8(5-3-7)19-11(12,13)14;11-10(12,13)18-7-3-1-6(2-4-7)9(17)14-5-8(15)16;9-8(10,11)14-6-3-1-5(2-4-6)7(12)13/h3-11H,12H2,1-2H3;2-10,24H,11H2,1H3;2-5,9H,1H3;1-4,20-21H,5H2,(H,18,19);2-5H,6H2,1H3,(H,15,17);1-4H,5H2,(H,14,17)(H,15,16);1-4H,(H,12,13). The molecular weight excluding hydrogens is 1960 g/mol. The Morgan fingerprint density at radius 2 is 0.730 bits per heavy atom. The molecule has 0 spiro atoms. The Morgan fingerprint density at radius 3 is 1.04 bits per heavy atom. The van der Waals surface area contributed by atoms with Crippen molar-refractivity contribution in [3.63, 3.8) is 0 Å². The summed E-state index contributed by atoms with van der Waals surface area (Å²) in [6, 6.07) is 47.2. The number of imidazole rings is 2. The Kier molecular flexibility index (Phi) is 39.5. The number of aromatic nitrogens is 4. The number of esters is 2. The molecule has 756 valence electrons. The van der Waals surface area contributed by atoms with E-state index < -0.39 is 163 Å². The third-order valence-electron chi connectivity index (χ3n) is 17.6. The molecule has 0 radical (unpaired) electrons. The quantitative estimate of drug-likeness (QED) is 0.0128. The van der Waals surface area contributed by atoms with Crippen molar-refractivity contribution in [3.05, 3.63) is 298 Å². The average Bonchev–Trinajstić information content (AvgIpc) is 1.64. The van der Waals surface area contributed by atoms with E-state index in [2.05, 4.69) is 54.0 Å². The van der Waals surface area contributed by atoms with Gasteiger partial charge in [0.15, 0.2) is 5.78 Å². The van der Waals surface area contributed by atoms with E-state index in [1.165, 1.54) is 29.7 Å².